The van der Waals surface area contributed by atoms with Gasteiger partial charge in [-0.1, -0.05) is 0 Å². The van der Waals surface area contributed by atoms with Gasteiger partial charge < -0.3 is 19.9 Å². The number of carbonyl (C=O) groups is 1. The molecule has 22 heavy (non-hydrogen) atoms. The second-order valence-electron chi connectivity index (χ2n) is 5.66. The zero-order valence-corrected chi connectivity index (χ0v) is 13.2. The molecule has 120 valence electrons. The normalized spacial score (nSPS) is 17.0. The van der Waals surface area contributed by atoms with Crippen molar-refractivity contribution in [2.24, 2.45) is 7.05 Å². The van der Waals surface area contributed by atoms with Gasteiger partial charge >= 0.3 is 5.82 Å². The summed E-state index contributed by atoms with van der Waals surface area (Å²) in [5.74, 6) is 0.356. The molecule has 2 rings (SSSR count). The third kappa shape index (κ3) is 3.51. The molecular weight excluding hydrogens is 286 g/mol. The molecule has 1 saturated heterocycles. The molecule has 2 heterocycles. The molecule has 0 atom stereocenters. The van der Waals surface area contributed by atoms with E-state index in [1.54, 1.807) is 13.1 Å². The second-order valence-corrected chi connectivity index (χ2v) is 5.66. The van der Waals surface area contributed by atoms with Gasteiger partial charge in [0, 0.05) is 24.7 Å². The average molecular weight is 307 g/mol. The minimum atomic E-state index is -0.487. The van der Waals surface area contributed by atoms with Gasteiger partial charge in [0.15, 0.2) is 0 Å². The second kappa shape index (κ2) is 6.69. The third-order valence-electron chi connectivity index (χ3n) is 3.74. The molecule has 0 radical (unpaired) electrons. The summed E-state index contributed by atoms with van der Waals surface area (Å²) in [7, 11) is 5.59. The Morgan fingerprint density at radius 1 is 1.50 bits per heavy atom. The van der Waals surface area contributed by atoms with Crippen LogP contribution < -0.4 is 0 Å². The van der Waals surface area contributed by atoms with Crippen LogP contribution in [0.5, 0.6) is 0 Å². The van der Waals surface area contributed by atoms with Gasteiger partial charge in [0.05, 0.1) is 7.05 Å². The zero-order chi connectivity index (χ0) is 16.3. The number of rotatable bonds is 6. The molecule has 1 aromatic rings. The highest BCUT2D eigenvalue weighted by molar-refractivity contribution is 5.99. The molecule has 1 aliphatic rings. The molecular formula is C14H21N5O3. The minimum absolute atomic E-state index is 0.00408. The Morgan fingerprint density at radius 3 is 2.82 bits per heavy atom. The molecule has 8 nitrogen and oxygen atoms in total. The summed E-state index contributed by atoms with van der Waals surface area (Å²) in [4.78, 5) is 30.6. The Labute approximate surface area is 129 Å². The maximum Gasteiger partial charge on any atom is 0.342 e. The Balaban J connectivity index is 2.04. The molecule has 0 aromatic carbocycles. The third-order valence-corrected chi connectivity index (χ3v) is 3.74. The van der Waals surface area contributed by atoms with Gasteiger partial charge in [-0.05, 0) is 38.4 Å². The van der Waals surface area contributed by atoms with E-state index >= 15 is 0 Å². The monoisotopic (exact) mass is 307 g/mol. The summed E-state index contributed by atoms with van der Waals surface area (Å²) in [6.07, 6.45) is 4.45. The van der Waals surface area contributed by atoms with Crippen molar-refractivity contribution in [2.45, 2.75) is 12.8 Å². The first-order valence-electron chi connectivity index (χ1n) is 7.21. The molecule has 1 fully saturated rings. The molecule has 0 bridgehead atoms. The molecule has 8 heteroatoms. The number of aromatic nitrogens is 2. The maximum absolute atomic E-state index is 12.3. The first-order chi connectivity index (χ1) is 10.4. The lowest BCUT2D eigenvalue weighted by atomic mass is 10.2. The van der Waals surface area contributed by atoms with Crippen molar-refractivity contribution in [1.29, 1.82) is 0 Å². The lowest BCUT2D eigenvalue weighted by Crippen LogP contribution is -2.28. The predicted molar refractivity (Wildman–Crippen MR) is 82.2 cm³/mol. The molecule has 0 aliphatic carbocycles. The largest absolute Gasteiger partial charge is 0.358 e. The number of hydrogen-bond acceptors (Lipinski definition) is 5. The van der Waals surface area contributed by atoms with E-state index in [0.29, 0.717) is 24.4 Å². The van der Waals surface area contributed by atoms with Crippen molar-refractivity contribution in [1.82, 2.24) is 19.4 Å². The summed E-state index contributed by atoms with van der Waals surface area (Å²) in [5, 5.41) is 10.8. The van der Waals surface area contributed by atoms with Gasteiger partial charge in [0.25, 0.3) is 0 Å². The number of imidazole rings is 1. The molecule has 1 aliphatic heterocycles. The van der Waals surface area contributed by atoms with Gasteiger partial charge in [0.2, 0.25) is 11.7 Å². The minimum Gasteiger partial charge on any atom is -0.358 e. The quantitative estimate of drug-likeness (QED) is 0.443. The van der Waals surface area contributed by atoms with E-state index in [2.05, 4.69) is 9.88 Å². The number of amides is 1. The highest BCUT2D eigenvalue weighted by Gasteiger charge is 2.26. The molecule has 1 amide bonds. The summed E-state index contributed by atoms with van der Waals surface area (Å²) in [6, 6.07) is 0. The van der Waals surface area contributed by atoms with Gasteiger partial charge in [-0.15, -0.1) is 0 Å². The lowest BCUT2D eigenvalue weighted by molar-refractivity contribution is -0.391. The van der Waals surface area contributed by atoms with Crippen LogP contribution in [-0.4, -0.2) is 63.9 Å². The van der Waals surface area contributed by atoms with Gasteiger partial charge in [-0.2, -0.15) is 0 Å². The Kier molecular flexibility index (Phi) is 4.92. The average Bonchev–Trinajstić information content (AvgIpc) is 2.96. The van der Waals surface area contributed by atoms with Crippen LogP contribution in [-0.2, 0) is 11.8 Å². The Hall–Kier alpha value is -2.22. The predicted octanol–water partition coefficient (Wildman–Crippen LogP) is 0.896. The highest BCUT2D eigenvalue weighted by atomic mass is 16.6. The van der Waals surface area contributed by atoms with Crippen molar-refractivity contribution in [2.75, 3.05) is 33.7 Å². The van der Waals surface area contributed by atoms with Crippen molar-refractivity contribution in [3.63, 3.8) is 0 Å². The fourth-order valence-electron chi connectivity index (χ4n) is 2.47. The molecule has 0 unspecified atom stereocenters. The van der Waals surface area contributed by atoms with E-state index in [1.165, 1.54) is 10.8 Å². The van der Waals surface area contributed by atoms with E-state index in [-0.39, 0.29) is 11.7 Å². The number of hydrogen-bond donors (Lipinski definition) is 0. The smallest absolute Gasteiger partial charge is 0.342 e. The fourth-order valence-corrected chi connectivity index (χ4v) is 2.47. The van der Waals surface area contributed by atoms with Crippen LogP contribution in [0.25, 0.3) is 6.08 Å². The van der Waals surface area contributed by atoms with E-state index in [9.17, 15) is 14.9 Å². The number of nitro groups is 1. The van der Waals surface area contributed by atoms with Crippen molar-refractivity contribution in [3.05, 3.63) is 27.7 Å². The number of likely N-dealkylation sites (tertiary alicyclic amines) is 1. The first-order valence-corrected chi connectivity index (χ1v) is 7.21. The first kappa shape index (κ1) is 16.2. The van der Waals surface area contributed by atoms with Crippen LogP contribution in [0.4, 0.5) is 5.82 Å². The standard InChI is InChI=1S/C14H21N5O3/c1-16(2)6-4-7-18-8-5-11(14(18)20)9-12-15-10-13(17(12)3)19(21)22/h9-10H,4-8H2,1-3H3/b11-9+. The van der Waals surface area contributed by atoms with Crippen molar-refractivity contribution < 1.29 is 9.72 Å². The summed E-state index contributed by atoms with van der Waals surface area (Å²) < 4.78 is 1.38. The van der Waals surface area contributed by atoms with E-state index < -0.39 is 4.92 Å². The van der Waals surface area contributed by atoms with Crippen LogP contribution in [0, 0.1) is 10.1 Å². The Morgan fingerprint density at radius 2 is 2.23 bits per heavy atom. The highest BCUT2D eigenvalue weighted by Crippen LogP contribution is 2.21. The lowest BCUT2D eigenvalue weighted by Gasteiger charge is -2.16. The topological polar surface area (TPSA) is 84.5 Å². The van der Waals surface area contributed by atoms with Crippen LogP contribution in [0.15, 0.2) is 11.8 Å². The summed E-state index contributed by atoms with van der Waals surface area (Å²) in [5.41, 5.74) is 0.661. The van der Waals surface area contributed by atoms with E-state index in [1.807, 2.05) is 19.0 Å². The SMILES string of the molecule is CN(C)CCCN1CC/C(=C\c2ncc([N+](=O)[O-])n2C)C1=O. The van der Waals surface area contributed by atoms with Crippen LogP contribution in [0.1, 0.15) is 18.7 Å². The summed E-state index contributed by atoms with van der Waals surface area (Å²) >= 11 is 0. The van der Waals surface area contributed by atoms with Crippen LogP contribution in [0.2, 0.25) is 0 Å². The van der Waals surface area contributed by atoms with Crippen LogP contribution >= 0.6 is 0 Å². The van der Waals surface area contributed by atoms with E-state index in [0.717, 1.165) is 19.5 Å². The summed E-state index contributed by atoms with van der Waals surface area (Å²) in [6.45, 7) is 2.37. The zero-order valence-electron chi connectivity index (χ0n) is 13.2. The molecule has 0 spiro atoms. The van der Waals surface area contributed by atoms with Gasteiger partial charge in [-0.25, -0.2) is 9.55 Å². The fraction of sp³-hybridized carbons (Fsp3) is 0.571. The molecule has 0 saturated carbocycles. The number of nitrogens with zero attached hydrogens (tertiary/aromatic N) is 5. The Bertz CT molecular complexity index is 606. The van der Waals surface area contributed by atoms with Crippen LogP contribution in [0.3, 0.4) is 0 Å². The molecule has 0 N–H and O–H groups in total. The maximum atomic E-state index is 12.3. The van der Waals surface area contributed by atoms with Gasteiger partial charge in [-0.3, -0.25) is 4.79 Å². The number of carbonyl (C=O) groups excluding carboxylic acids is 1. The van der Waals surface area contributed by atoms with E-state index in [4.69, 9.17) is 0 Å². The molecule has 1 aromatic heterocycles. The van der Waals surface area contributed by atoms with Gasteiger partial charge in [0.1, 0.15) is 6.20 Å². The van der Waals surface area contributed by atoms with Crippen molar-refractivity contribution >= 4 is 17.8 Å². The van der Waals surface area contributed by atoms with Crippen molar-refractivity contribution in [3.8, 4) is 0 Å².